The van der Waals surface area contributed by atoms with E-state index in [2.05, 4.69) is 60.7 Å². The van der Waals surface area contributed by atoms with Gasteiger partial charge in [-0.3, -0.25) is 0 Å². The van der Waals surface area contributed by atoms with Crippen molar-refractivity contribution in [3.63, 3.8) is 0 Å². The second kappa shape index (κ2) is 11.4. The molecule has 9 aromatic rings. The predicted octanol–water partition coefficient (Wildman–Crippen LogP) is 10.5. The van der Waals surface area contributed by atoms with Crippen LogP contribution in [0.5, 0.6) is 0 Å². The van der Waals surface area contributed by atoms with E-state index in [9.17, 15) is 0 Å². The molecule has 0 radical (unpaired) electrons. The molecule has 0 spiro atoms. The number of thiophene rings is 1. The van der Waals surface area contributed by atoms with Crippen molar-refractivity contribution in [2.24, 2.45) is 0 Å². The van der Waals surface area contributed by atoms with Gasteiger partial charge in [-0.05, 0) is 30.3 Å². The SMILES string of the molecule is c1ccc(-c2nc(-c3ccccc3)nc(-c3ccc4sc5c(-c6nc(-c7ccccc7)c7ccccc7n6)cccc5c4c3)n2)cc1. The van der Waals surface area contributed by atoms with Gasteiger partial charge in [-0.15, -0.1) is 11.3 Å². The number of benzene rings is 6. The number of nitrogens with zero attached hydrogens (tertiary/aromatic N) is 5. The summed E-state index contributed by atoms with van der Waals surface area (Å²) in [7, 11) is 0. The molecule has 3 aromatic heterocycles. The van der Waals surface area contributed by atoms with Crippen molar-refractivity contribution in [3.05, 3.63) is 152 Å². The Balaban J connectivity index is 1.21. The lowest BCUT2D eigenvalue weighted by Crippen LogP contribution is -2.00. The Morgan fingerprint density at radius 3 is 1.62 bits per heavy atom. The van der Waals surface area contributed by atoms with E-state index in [4.69, 9.17) is 24.9 Å². The highest BCUT2D eigenvalue weighted by atomic mass is 32.1. The molecule has 0 amide bonds. The first-order valence-electron chi connectivity index (χ1n) is 15.4. The molecule has 0 saturated heterocycles. The van der Waals surface area contributed by atoms with Crippen LogP contribution in [-0.4, -0.2) is 24.9 Å². The van der Waals surface area contributed by atoms with Crippen molar-refractivity contribution >= 4 is 42.4 Å². The minimum Gasteiger partial charge on any atom is -0.228 e. The molecule has 0 bridgehead atoms. The number of rotatable bonds is 5. The Kier molecular flexibility index (Phi) is 6.58. The third kappa shape index (κ3) is 4.92. The van der Waals surface area contributed by atoms with Crippen LogP contribution in [0.2, 0.25) is 0 Å². The number of aromatic nitrogens is 5. The average Bonchev–Trinajstić information content (AvgIpc) is 3.53. The fraction of sp³-hybridized carbons (Fsp3) is 0. The minimum absolute atomic E-state index is 0.639. The topological polar surface area (TPSA) is 64.5 Å². The normalized spacial score (nSPS) is 11.4. The zero-order chi connectivity index (χ0) is 31.2. The largest absolute Gasteiger partial charge is 0.228 e. The molecule has 9 rings (SSSR count). The summed E-state index contributed by atoms with van der Waals surface area (Å²) in [6.45, 7) is 0. The third-order valence-electron chi connectivity index (χ3n) is 8.35. The Bertz CT molecular complexity index is 2510. The van der Waals surface area contributed by atoms with E-state index in [1.807, 2.05) is 91.0 Å². The van der Waals surface area contributed by atoms with Crippen molar-refractivity contribution in [1.29, 1.82) is 0 Å². The number of para-hydroxylation sites is 1. The highest BCUT2D eigenvalue weighted by Gasteiger charge is 2.18. The smallest absolute Gasteiger partial charge is 0.164 e. The van der Waals surface area contributed by atoms with Crippen LogP contribution in [-0.2, 0) is 0 Å². The predicted molar refractivity (Wildman–Crippen MR) is 193 cm³/mol. The fourth-order valence-electron chi connectivity index (χ4n) is 6.06. The second-order valence-corrected chi connectivity index (χ2v) is 12.4. The maximum atomic E-state index is 5.17. The van der Waals surface area contributed by atoms with Crippen molar-refractivity contribution in [2.75, 3.05) is 0 Å². The van der Waals surface area contributed by atoms with Crippen molar-refractivity contribution < 1.29 is 0 Å². The summed E-state index contributed by atoms with van der Waals surface area (Å²) in [5, 5.41) is 3.34. The van der Waals surface area contributed by atoms with Crippen LogP contribution in [0, 0.1) is 0 Å². The van der Waals surface area contributed by atoms with Gasteiger partial charge >= 0.3 is 0 Å². The molecule has 6 aromatic carbocycles. The quantitative estimate of drug-likeness (QED) is 0.192. The standard InChI is InChI=1S/C41H25N5S/c1-4-13-26(14-5-1)36-31-19-10-11-22-34(31)42-41(43-36)32-21-12-20-30-33-25-29(23-24-35(33)47-37(30)32)40-45-38(27-15-6-2-7-16-27)44-39(46-40)28-17-8-3-9-18-28/h1-25H. The van der Waals surface area contributed by atoms with Crippen LogP contribution in [0.1, 0.15) is 0 Å². The molecular weight excluding hydrogens is 595 g/mol. The van der Waals surface area contributed by atoms with Crippen molar-refractivity contribution in [1.82, 2.24) is 24.9 Å². The summed E-state index contributed by atoms with van der Waals surface area (Å²) >= 11 is 1.76. The molecule has 3 heterocycles. The van der Waals surface area contributed by atoms with E-state index in [0.717, 1.165) is 65.7 Å². The van der Waals surface area contributed by atoms with Crippen LogP contribution in [0.3, 0.4) is 0 Å². The van der Waals surface area contributed by atoms with E-state index in [1.165, 1.54) is 4.70 Å². The highest BCUT2D eigenvalue weighted by Crippen LogP contribution is 2.41. The lowest BCUT2D eigenvalue weighted by molar-refractivity contribution is 1.07. The van der Waals surface area contributed by atoms with Crippen LogP contribution in [0.15, 0.2) is 152 Å². The van der Waals surface area contributed by atoms with Crippen LogP contribution < -0.4 is 0 Å². The summed E-state index contributed by atoms with van der Waals surface area (Å²) in [5.41, 5.74) is 6.79. The molecule has 0 N–H and O–H groups in total. The summed E-state index contributed by atoms with van der Waals surface area (Å²) < 4.78 is 2.33. The molecule has 0 saturated carbocycles. The summed E-state index contributed by atoms with van der Waals surface area (Å²) in [6, 6.07) is 51.6. The minimum atomic E-state index is 0.639. The second-order valence-electron chi connectivity index (χ2n) is 11.3. The Morgan fingerprint density at radius 2 is 0.936 bits per heavy atom. The summed E-state index contributed by atoms with van der Waals surface area (Å²) in [5.74, 6) is 2.65. The molecule has 0 atom stereocenters. The van der Waals surface area contributed by atoms with Gasteiger partial charge in [-0.1, -0.05) is 121 Å². The van der Waals surface area contributed by atoms with Gasteiger partial charge in [0.15, 0.2) is 23.3 Å². The molecule has 6 heteroatoms. The van der Waals surface area contributed by atoms with Crippen molar-refractivity contribution in [2.45, 2.75) is 0 Å². The van der Waals surface area contributed by atoms with Gasteiger partial charge in [0.2, 0.25) is 0 Å². The first-order valence-corrected chi connectivity index (χ1v) is 16.3. The Labute approximate surface area is 275 Å². The monoisotopic (exact) mass is 619 g/mol. The first kappa shape index (κ1) is 27.2. The molecule has 0 fully saturated rings. The Morgan fingerprint density at radius 1 is 0.362 bits per heavy atom. The molecule has 220 valence electrons. The lowest BCUT2D eigenvalue weighted by atomic mass is 10.0. The number of hydrogen-bond donors (Lipinski definition) is 0. The van der Waals surface area contributed by atoms with E-state index in [-0.39, 0.29) is 0 Å². The highest BCUT2D eigenvalue weighted by molar-refractivity contribution is 7.26. The summed E-state index contributed by atoms with van der Waals surface area (Å²) in [4.78, 5) is 25.0. The maximum Gasteiger partial charge on any atom is 0.164 e. The summed E-state index contributed by atoms with van der Waals surface area (Å²) in [6.07, 6.45) is 0. The number of hydrogen-bond acceptors (Lipinski definition) is 6. The average molecular weight is 620 g/mol. The molecule has 47 heavy (non-hydrogen) atoms. The fourth-order valence-corrected chi connectivity index (χ4v) is 7.26. The van der Waals surface area contributed by atoms with Gasteiger partial charge in [0.05, 0.1) is 11.2 Å². The van der Waals surface area contributed by atoms with Crippen LogP contribution >= 0.6 is 11.3 Å². The maximum absolute atomic E-state index is 5.17. The van der Waals surface area contributed by atoms with E-state index >= 15 is 0 Å². The van der Waals surface area contributed by atoms with E-state index in [0.29, 0.717) is 17.5 Å². The van der Waals surface area contributed by atoms with Crippen LogP contribution in [0.4, 0.5) is 0 Å². The van der Waals surface area contributed by atoms with Crippen LogP contribution in [0.25, 0.3) is 87.9 Å². The molecular formula is C41H25N5S. The van der Waals surface area contributed by atoms with Gasteiger partial charge in [0.25, 0.3) is 0 Å². The van der Waals surface area contributed by atoms with Gasteiger partial charge < -0.3 is 0 Å². The van der Waals surface area contributed by atoms with Gasteiger partial charge in [-0.2, -0.15) is 0 Å². The molecule has 0 unspecified atom stereocenters. The molecule has 0 aliphatic heterocycles. The van der Waals surface area contributed by atoms with Gasteiger partial charge in [0, 0.05) is 53.4 Å². The molecule has 0 aliphatic carbocycles. The zero-order valence-electron chi connectivity index (χ0n) is 25.1. The molecule has 0 aliphatic rings. The number of fused-ring (bicyclic) bond motifs is 4. The zero-order valence-corrected chi connectivity index (χ0v) is 25.9. The Hall–Kier alpha value is -6.11. The van der Waals surface area contributed by atoms with E-state index in [1.54, 1.807) is 11.3 Å². The van der Waals surface area contributed by atoms with E-state index < -0.39 is 0 Å². The lowest BCUT2D eigenvalue weighted by Gasteiger charge is -2.10. The first-order chi connectivity index (χ1) is 23.3. The van der Waals surface area contributed by atoms with Crippen molar-refractivity contribution in [3.8, 4) is 56.8 Å². The third-order valence-corrected chi connectivity index (χ3v) is 9.57. The molecule has 5 nitrogen and oxygen atoms in total. The van der Waals surface area contributed by atoms with Gasteiger partial charge in [0.1, 0.15) is 0 Å². The van der Waals surface area contributed by atoms with Gasteiger partial charge in [-0.25, -0.2) is 24.9 Å².